The standard InChI is InChI=1S/C11H20N2O3/c1-2-10-9-16-8-5-13(10)11(14)12-3-6-15-7-4-12/h10H,2-9H2,1H3. The lowest BCUT2D eigenvalue weighted by molar-refractivity contribution is -0.00914. The average Bonchev–Trinajstić information content (AvgIpc) is 2.39. The third-order valence-electron chi connectivity index (χ3n) is 3.23. The van der Waals surface area contributed by atoms with Gasteiger partial charge in [-0.25, -0.2) is 4.79 Å². The van der Waals surface area contributed by atoms with Crippen LogP contribution in [0.15, 0.2) is 0 Å². The number of hydrogen-bond donors (Lipinski definition) is 0. The minimum atomic E-state index is 0.151. The summed E-state index contributed by atoms with van der Waals surface area (Å²) in [5.41, 5.74) is 0. The molecule has 0 aromatic carbocycles. The van der Waals surface area contributed by atoms with E-state index in [1.54, 1.807) is 0 Å². The molecule has 0 aromatic rings. The van der Waals surface area contributed by atoms with E-state index < -0.39 is 0 Å². The van der Waals surface area contributed by atoms with Crippen molar-refractivity contribution in [3.8, 4) is 0 Å². The van der Waals surface area contributed by atoms with Crippen molar-refractivity contribution in [1.29, 1.82) is 0 Å². The number of amides is 2. The van der Waals surface area contributed by atoms with Crippen molar-refractivity contribution in [3.05, 3.63) is 0 Å². The van der Waals surface area contributed by atoms with Gasteiger partial charge in [0, 0.05) is 19.6 Å². The van der Waals surface area contributed by atoms with E-state index in [9.17, 15) is 4.79 Å². The molecule has 0 radical (unpaired) electrons. The van der Waals surface area contributed by atoms with Gasteiger partial charge in [-0.15, -0.1) is 0 Å². The second-order valence-corrected chi connectivity index (χ2v) is 4.21. The smallest absolute Gasteiger partial charge is 0.320 e. The Labute approximate surface area is 96.3 Å². The summed E-state index contributed by atoms with van der Waals surface area (Å²) in [4.78, 5) is 16.1. The zero-order chi connectivity index (χ0) is 11.4. The number of morpholine rings is 2. The van der Waals surface area contributed by atoms with Crippen LogP contribution in [0.25, 0.3) is 0 Å². The van der Waals surface area contributed by atoms with Crippen LogP contribution in [-0.2, 0) is 9.47 Å². The highest BCUT2D eigenvalue weighted by Gasteiger charge is 2.29. The molecule has 2 amide bonds. The van der Waals surface area contributed by atoms with Crippen molar-refractivity contribution in [2.75, 3.05) is 46.1 Å². The van der Waals surface area contributed by atoms with Gasteiger partial charge in [0.15, 0.2) is 0 Å². The van der Waals surface area contributed by atoms with Gasteiger partial charge in [-0.2, -0.15) is 0 Å². The first kappa shape index (κ1) is 11.7. The summed E-state index contributed by atoms with van der Waals surface area (Å²) in [6.07, 6.45) is 0.954. The number of carbonyl (C=O) groups is 1. The maximum absolute atomic E-state index is 12.3. The number of ether oxygens (including phenoxy) is 2. The van der Waals surface area contributed by atoms with E-state index >= 15 is 0 Å². The molecule has 1 unspecified atom stereocenters. The number of hydrogen-bond acceptors (Lipinski definition) is 3. The zero-order valence-electron chi connectivity index (χ0n) is 9.85. The molecule has 0 spiro atoms. The summed E-state index contributed by atoms with van der Waals surface area (Å²) in [6.45, 7) is 6.89. The summed E-state index contributed by atoms with van der Waals surface area (Å²) >= 11 is 0. The number of rotatable bonds is 1. The van der Waals surface area contributed by atoms with Gasteiger partial charge in [-0.1, -0.05) is 6.92 Å². The monoisotopic (exact) mass is 228 g/mol. The number of carbonyl (C=O) groups excluding carboxylic acids is 1. The molecule has 2 heterocycles. The molecule has 2 rings (SSSR count). The Morgan fingerprint density at radius 1 is 1.19 bits per heavy atom. The minimum absolute atomic E-state index is 0.151. The topological polar surface area (TPSA) is 42.0 Å². The summed E-state index contributed by atoms with van der Waals surface area (Å²) in [5.74, 6) is 0. The van der Waals surface area contributed by atoms with E-state index in [1.165, 1.54) is 0 Å². The molecule has 2 saturated heterocycles. The van der Waals surface area contributed by atoms with Gasteiger partial charge >= 0.3 is 6.03 Å². The summed E-state index contributed by atoms with van der Waals surface area (Å²) in [5, 5.41) is 0. The van der Waals surface area contributed by atoms with Crippen LogP contribution in [0.1, 0.15) is 13.3 Å². The molecule has 0 bridgehead atoms. The second kappa shape index (κ2) is 5.50. The van der Waals surface area contributed by atoms with Crippen LogP contribution in [0.3, 0.4) is 0 Å². The maximum Gasteiger partial charge on any atom is 0.320 e. The van der Waals surface area contributed by atoms with Crippen LogP contribution >= 0.6 is 0 Å². The lowest BCUT2D eigenvalue weighted by atomic mass is 10.2. The van der Waals surface area contributed by atoms with Gasteiger partial charge < -0.3 is 19.3 Å². The fourth-order valence-corrected chi connectivity index (χ4v) is 2.18. The predicted molar refractivity (Wildman–Crippen MR) is 59.4 cm³/mol. The highest BCUT2D eigenvalue weighted by molar-refractivity contribution is 5.75. The second-order valence-electron chi connectivity index (χ2n) is 4.21. The van der Waals surface area contributed by atoms with Crippen LogP contribution in [0.2, 0.25) is 0 Å². The molecule has 1 atom stereocenters. The van der Waals surface area contributed by atoms with Gasteiger partial charge in [0.25, 0.3) is 0 Å². The van der Waals surface area contributed by atoms with Crippen molar-refractivity contribution in [2.24, 2.45) is 0 Å². The molecule has 0 aliphatic carbocycles. The van der Waals surface area contributed by atoms with Crippen molar-refractivity contribution in [3.63, 3.8) is 0 Å². The first-order valence-corrected chi connectivity index (χ1v) is 6.04. The van der Waals surface area contributed by atoms with Crippen molar-refractivity contribution in [1.82, 2.24) is 9.80 Å². The quantitative estimate of drug-likeness (QED) is 0.658. The highest BCUT2D eigenvalue weighted by atomic mass is 16.5. The minimum Gasteiger partial charge on any atom is -0.378 e. The number of nitrogens with zero attached hydrogens (tertiary/aromatic N) is 2. The summed E-state index contributed by atoms with van der Waals surface area (Å²) < 4.78 is 10.7. The number of urea groups is 1. The average molecular weight is 228 g/mol. The molecule has 0 saturated carbocycles. The van der Waals surface area contributed by atoms with E-state index in [2.05, 4.69) is 6.92 Å². The van der Waals surface area contributed by atoms with Crippen LogP contribution in [-0.4, -0.2) is 67.9 Å². The van der Waals surface area contributed by atoms with Crippen LogP contribution in [0.4, 0.5) is 4.79 Å². The Bertz CT molecular complexity index is 241. The summed E-state index contributed by atoms with van der Waals surface area (Å²) in [7, 11) is 0. The zero-order valence-corrected chi connectivity index (χ0v) is 9.85. The lowest BCUT2D eigenvalue weighted by Gasteiger charge is -2.39. The van der Waals surface area contributed by atoms with E-state index in [-0.39, 0.29) is 12.1 Å². The van der Waals surface area contributed by atoms with Gasteiger partial charge in [-0.3, -0.25) is 0 Å². The fourth-order valence-electron chi connectivity index (χ4n) is 2.18. The van der Waals surface area contributed by atoms with Gasteiger partial charge in [-0.05, 0) is 6.42 Å². The van der Waals surface area contributed by atoms with E-state index in [0.29, 0.717) is 46.1 Å². The van der Waals surface area contributed by atoms with E-state index in [4.69, 9.17) is 9.47 Å². The Kier molecular flexibility index (Phi) is 4.01. The van der Waals surface area contributed by atoms with Crippen molar-refractivity contribution in [2.45, 2.75) is 19.4 Å². The van der Waals surface area contributed by atoms with Crippen molar-refractivity contribution >= 4 is 6.03 Å². The van der Waals surface area contributed by atoms with E-state index in [0.717, 1.165) is 6.42 Å². The third kappa shape index (κ3) is 2.47. The van der Waals surface area contributed by atoms with E-state index in [1.807, 2.05) is 9.80 Å². The first-order chi connectivity index (χ1) is 7.83. The normalized spacial score (nSPS) is 26.9. The molecule has 2 fully saturated rings. The molecule has 0 aromatic heterocycles. The Morgan fingerprint density at radius 3 is 2.56 bits per heavy atom. The maximum atomic E-state index is 12.3. The van der Waals surface area contributed by atoms with Crippen LogP contribution in [0, 0.1) is 0 Å². The van der Waals surface area contributed by atoms with Crippen molar-refractivity contribution < 1.29 is 14.3 Å². The predicted octanol–water partition coefficient (Wildman–Crippen LogP) is 0.549. The molecular weight excluding hydrogens is 208 g/mol. The van der Waals surface area contributed by atoms with Gasteiger partial charge in [0.05, 0.1) is 32.5 Å². The molecule has 5 nitrogen and oxygen atoms in total. The Hall–Kier alpha value is -0.810. The molecule has 92 valence electrons. The molecule has 2 aliphatic heterocycles. The lowest BCUT2D eigenvalue weighted by Crippen LogP contribution is -2.55. The van der Waals surface area contributed by atoms with Gasteiger partial charge in [0.1, 0.15) is 0 Å². The highest BCUT2D eigenvalue weighted by Crippen LogP contribution is 2.13. The molecule has 16 heavy (non-hydrogen) atoms. The SMILES string of the molecule is CCC1COCCN1C(=O)N1CCOCC1. The largest absolute Gasteiger partial charge is 0.378 e. The third-order valence-corrected chi connectivity index (χ3v) is 3.23. The van der Waals surface area contributed by atoms with Crippen LogP contribution in [0.5, 0.6) is 0 Å². The van der Waals surface area contributed by atoms with Crippen LogP contribution < -0.4 is 0 Å². The van der Waals surface area contributed by atoms with Gasteiger partial charge in [0.2, 0.25) is 0 Å². The molecule has 5 heteroatoms. The summed E-state index contributed by atoms with van der Waals surface area (Å²) in [6, 6.07) is 0.391. The molecular formula is C11H20N2O3. The Balaban J connectivity index is 1.95. The first-order valence-electron chi connectivity index (χ1n) is 6.04. The Morgan fingerprint density at radius 2 is 1.88 bits per heavy atom. The fraction of sp³-hybridized carbons (Fsp3) is 0.909. The molecule has 2 aliphatic rings. The molecule has 0 N–H and O–H groups in total.